The average Bonchev–Trinajstić information content (AvgIpc) is 2.22. The Morgan fingerprint density at radius 1 is 0.800 bits per heavy atom. The Morgan fingerprint density at radius 3 is 1.27 bits per heavy atom. The third kappa shape index (κ3) is 8.32. The zero-order valence-corrected chi connectivity index (χ0v) is 12.1. The predicted octanol–water partition coefficient (Wildman–Crippen LogP) is 2.70. The lowest BCUT2D eigenvalue weighted by molar-refractivity contribution is 0.254. The van der Waals surface area contributed by atoms with Crippen LogP contribution in [0.1, 0.15) is 27.7 Å². The number of halogens is 2. The molecule has 0 aromatic heterocycles. The van der Waals surface area contributed by atoms with Gasteiger partial charge >= 0.3 is 0 Å². The van der Waals surface area contributed by atoms with Gasteiger partial charge in [-0.1, -0.05) is 27.7 Å². The summed E-state index contributed by atoms with van der Waals surface area (Å²) in [4.78, 5) is 4.75. The van der Waals surface area contributed by atoms with Gasteiger partial charge in [-0.25, -0.2) is 0 Å². The summed E-state index contributed by atoms with van der Waals surface area (Å²) < 4.78 is 0. The van der Waals surface area contributed by atoms with Crippen LogP contribution in [0.3, 0.4) is 0 Å². The van der Waals surface area contributed by atoms with Crippen molar-refractivity contribution in [3.63, 3.8) is 0 Å². The van der Waals surface area contributed by atoms with Crippen LogP contribution in [0.5, 0.6) is 0 Å². The molecule has 0 aliphatic heterocycles. The van der Waals surface area contributed by atoms with Crippen molar-refractivity contribution in [1.82, 2.24) is 9.80 Å². The fraction of sp³-hybridized carbons (Fsp3) is 1.00. The Labute approximate surface area is 106 Å². The summed E-state index contributed by atoms with van der Waals surface area (Å²) in [7, 11) is 0. The van der Waals surface area contributed by atoms with E-state index in [4.69, 9.17) is 11.6 Å². The monoisotopic (exact) mass is 256 g/mol. The number of hydrogen-bond acceptors (Lipinski definition) is 2. The second-order valence-corrected chi connectivity index (χ2v) is 4.19. The second kappa shape index (κ2) is 11.0. The molecule has 0 N–H and O–H groups in total. The molecule has 0 fully saturated rings. The van der Waals surface area contributed by atoms with Crippen LogP contribution < -0.4 is 0 Å². The Bertz CT molecular complexity index is 112. The minimum Gasteiger partial charge on any atom is -0.302 e. The van der Waals surface area contributed by atoms with Crippen LogP contribution in [0.25, 0.3) is 0 Å². The Morgan fingerprint density at radius 2 is 1.07 bits per heavy atom. The molecular formula is C11H26Cl2N2. The van der Waals surface area contributed by atoms with Crippen LogP contribution in [-0.4, -0.2) is 54.4 Å². The highest BCUT2D eigenvalue weighted by Crippen LogP contribution is 2.03. The van der Waals surface area contributed by atoms with Crippen molar-refractivity contribution in [1.29, 1.82) is 0 Å². The lowest BCUT2D eigenvalue weighted by Gasteiger charge is -2.25. The molecule has 15 heavy (non-hydrogen) atoms. The van der Waals surface area contributed by atoms with Gasteiger partial charge in [0.2, 0.25) is 0 Å². The van der Waals surface area contributed by atoms with Gasteiger partial charge in [0.25, 0.3) is 0 Å². The van der Waals surface area contributed by atoms with Crippen molar-refractivity contribution in [3.05, 3.63) is 0 Å². The summed E-state index contributed by atoms with van der Waals surface area (Å²) >= 11 is 6.30. The first-order chi connectivity index (χ1) is 6.67. The third-order valence-electron chi connectivity index (χ3n) is 2.70. The molecule has 0 bridgehead atoms. The van der Waals surface area contributed by atoms with Crippen molar-refractivity contribution < 1.29 is 0 Å². The van der Waals surface area contributed by atoms with Crippen LogP contribution in [0, 0.1) is 0 Å². The number of rotatable bonds is 8. The summed E-state index contributed by atoms with van der Waals surface area (Å²) in [6.07, 6.45) is 0. The molecule has 0 atom stereocenters. The molecule has 0 heterocycles. The highest BCUT2D eigenvalue weighted by molar-refractivity contribution is 6.21. The van der Waals surface area contributed by atoms with Gasteiger partial charge < -0.3 is 9.80 Å². The van der Waals surface area contributed by atoms with E-state index in [0.29, 0.717) is 0 Å². The number of hydrogen-bond donors (Lipinski definition) is 0. The molecule has 0 aliphatic carbocycles. The highest BCUT2D eigenvalue weighted by atomic mass is 35.5. The lowest BCUT2D eigenvalue weighted by Crippen LogP contribution is -2.37. The predicted molar refractivity (Wildman–Crippen MR) is 72.5 cm³/mol. The van der Waals surface area contributed by atoms with E-state index in [1.807, 2.05) is 0 Å². The maximum atomic E-state index is 6.30. The summed E-state index contributed by atoms with van der Waals surface area (Å²) in [6.45, 7) is 15.1. The van der Waals surface area contributed by atoms with E-state index in [2.05, 4.69) is 37.5 Å². The van der Waals surface area contributed by atoms with Gasteiger partial charge in [-0.15, -0.1) is 24.0 Å². The van der Waals surface area contributed by atoms with Gasteiger partial charge in [-0.05, 0) is 26.2 Å². The topological polar surface area (TPSA) is 6.48 Å². The zero-order valence-electron chi connectivity index (χ0n) is 10.5. The maximum absolute atomic E-state index is 6.30. The molecule has 0 aromatic rings. The quantitative estimate of drug-likeness (QED) is 0.617. The highest BCUT2D eigenvalue weighted by Gasteiger charge is 2.11. The average molecular weight is 257 g/mol. The van der Waals surface area contributed by atoms with E-state index in [1.165, 1.54) is 0 Å². The normalized spacial score (nSPS) is 11.2. The third-order valence-corrected chi connectivity index (χ3v) is 2.98. The Kier molecular flexibility index (Phi) is 13.1. The van der Waals surface area contributed by atoms with Crippen LogP contribution in [0.2, 0.25) is 0 Å². The van der Waals surface area contributed by atoms with Crippen LogP contribution in [0.4, 0.5) is 0 Å². The van der Waals surface area contributed by atoms with Crippen molar-refractivity contribution in [2.24, 2.45) is 0 Å². The number of alkyl halides is 1. The lowest BCUT2D eigenvalue weighted by atomic mass is 10.3. The SMILES string of the molecule is CCN(CC)CC(Cl)CN(CC)CC.Cl. The molecule has 0 unspecified atom stereocenters. The molecule has 0 amide bonds. The molecular weight excluding hydrogens is 231 g/mol. The van der Waals surface area contributed by atoms with Gasteiger partial charge in [0.15, 0.2) is 0 Å². The molecule has 94 valence electrons. The Balaban J connectivity index is 0. The summed E-state index contributed by atoms with van der Waals surface area (Å²) in [5, 5.41) is 0.259. The molecule has 0 saturated heterocycles. The van der Waals surface area contributed by atoms with Gasteiger partial charge in [0, 0.05) is 13.1 Å². The van der Waals surface area contributed by atoms with Gasteiger partial charge in [-0.2, -0.15) is 0 Å². The minimum absolute atomic E-state index is 0. The molecule has 0 aromatic carbocycles. The van der Waals surface area contributed by atoms with Crippen molar-refractivity contribution in [2.45, 2.75) is 33.1 Å². The molecule has 0 radical (unpaired) electrons. The first-order valence-electron chi connectivity index (χ1n) is 5.76. The van der Waals surface area contributed by atoms with Crippen LogP contribution in [-0.2, 0) is 0 Å². The van der Waals surface area contributed by atoms with Crippen molar-refractivity contribution >= 4 is 24.0 Å². The van der Waals surface area contributed by atoms with Crippen molar-refractivity contribution in [2.75, 3.05) is 39.3 Å². The summed E-state index contributed by atoms with van der Waals surface area (Å²) in [5.41, 5.74) is 0. The van der Waals surface area contributed by atoms with Gasteiger partial charge in [0.05, 0.1) is 5.38 Å². The molecule has 0 aliphatic rings. The minimum atomic E-state index is 0. The first-order valence-corrected chi connectivity index (χ1v) is 6.20. The molecule has 2 nitrogen and oxygen atoms in total. The smallest absolute Gasteiger partial charge is 0.0590 e. The van der Waals surface area contributed by atoms with E-state index >= 15 is 0 Å². The molecule has 0 saturated carbocycles. The number of nitrogens with zero attached hydrogens (tertiary/aromatic N) is 2. The van der Waals surface area contributed by atoms with Gasteiger partial charge in [-0.3, -0.25) is 0 Å². The second-order valence-electron chi connectivity index (χ2n) is 3.57. The fourth-order valence-corrected chi connectivity index (χ4v) is 1.97. The Hall–Kier alpha value is 0.500. The maximum Gasteiger partial charge on any atom is 0.0590 e. The van der Waals surface area contributed by atoms with E-state index in [1.54, 1.807) is 0 Å². The van der Waals surface area contributed by atoms with E-state index in [0.717, 1.165) is 39.3 Å². The first kappa shape index (κ1) is 17.9. The van der Waals surface area contributed by atoms with Gasteiger partial charge in [0.1, 0.15) is 0 Å². The largest absolute Gasteiger partial charge is 0.302 e. The van der Waals surface area contributed by atoms with Crippen LogP contribution in [0.15, 0.2) is 0 Å². The fourth-order valence-electron chi connectivity index (χ4n) is 1.58. The van der Waals surface area contributed by atoms with E-state index < -0.39 is 0 Å². The van der Waals surface area contributed by atoms with E-state index in [9.17, 15) is 0 Å². The van der Waals surface area contributed by atoms with Crippen LogP contribution >= 0.6 is 24.0 Å². The van der Waals surface area contributed by atoms with E-state index in [-0.39, 0.29) is 17.8 Å². The van der Waals surface area contributed by atoms with Crippen molar-refractivity contribution in [3.8, 4) is 0 Å². The molecule has 0 rings (SSSR count). The summed E-state index contributed by atoms with van der Waals surface area (Å²) in [6, 6.07) is 0. The summed E-state index contributed by atoms with van der Waals surface area (Å²) in [5.74, 6) is 0. The molecule has 4 heteroatoms. The zero-order chi connectivity index (χ0) is 11.0. The molecule has 0 spiro atoms. The standard InChI is InChI=1S/C11H25ClN2.ClH/c1-5-13(6-2)9-11(12)10-14(7-3)8-4;/h11H,5-10H2,1-4H3;1H.